The van der Waals surface area contributed by atoms with Crippen molar-refractivity contribution in [2.45, 2.75) is 25.4 Å². The first-order chi connectivity index (χ1) is 16.2. The van der Waals surface area contributed by atoms with Crippen molar-refractivity contribution in [3.8, 4) is 0 Å². The molecule has 2 N–H and O–H groups in total. The van der Waals surface area contributed by atoms with Crippen LogP contribution >= 0.6 is 11.6 Å². The first kappa shape index (κ1) is 21.7. The zero-order valence-electron chi connectivity index (χ0n) is 18.5. The molecule has 2 aromatic heterocycles. The van der Waals surface area contributed by atoms with E-state index in [-0.39, 0.29) is 0 Å². The van der Waals surface area contributed by atoms with Crippen LogP contribution in [-0.2, 0) is 6.54 Å². The van der Waals surface area contributed by atoms with E-state index in [1.54, 1.807) is 12.4 Å². The van der Waals surface area contributed by atoms with Crippen LogP contribution in [0.3, 0.4) is 0 Å². The summed E-state index contributed by atoms with van der Waals surface area (Å²) in [6, 6.07) is 18.6. The molecular weight excluding hydrogens is 434 g/mol. The Morgan fingerprint density at radius 3 is 2.48 bits per heavy atom. The van der Waals surface area contributed by atoms with Crippen molar-refractivity contribution in [2.24, 2.45) is 0 Å². The molecule has 0 spiro atoms. The predicted molar refractivity (Wildman–Crippen MR) is 134 cm³/mol. The van der Waals surface area contributed by atoms with Gasteiger partial charge in [-0.1, -0.05) is 35.9 Å². The first-order valence-corrected chi connectivity index (χ1v) is 11.8. The van der Waals surface area contributed by atoms with Gasteiger partial charge in [0, 0.05) is 49.6 Å². The fourth-order valence-electron chi connectivity index (χ4n) is 4.32. The average Bonchev–Trinajstić information content (AvgIpc) is 3.19. The summed E-state index contributed by atoms with van der Waals surface area (Å²) < 4.78 is 2.27. The minimum absolute atomic E-state index is 0.410. The van der Waals surface area contributed by atoms with Crippen molar-refractivity contribution in [3.05, 3.63) is 77.6 Å². The number of benzene rings is 2. The number of piperidine rings is 1. The Labute approximate surface area is 198 Å². The quantitative estimate of drug-likeness (QED) is 0.402. The molecule has 0 unspecified atom stereocenters. The number of hydrogen-bond acceptors (Lipinski definition) is 6. The molecule has 1 fully saturated rings. The van der Waals surface area contributed by atoms with Gasteiger partial charge >= 0.3 is 0 Å². The van der Waals surface area contributed by atoms with E-state index in [4.69, 9.17) is 16.6 Å². The van der Waals surface area contributed by atoms with Crippen LogP contribution < -0.4 is 10.6 Å². The maximum atomic E-state index is 6.08. The van der Waals surface area contributed by atoms with Gasteiger partial charge in [-0.3, -0.25) is 0 Å². The SMILES string of the molecule is Clc1ccc(Cn2c(NC3CCN(CCNc4ncccn4)CC3)nc3ccccc32)cc1. The summed E-state index contributed by atoms with van der Waals surface area (Å²) in [4.78, 5) is 15.8. The van der Waals surface area contributed by atoms with Gasteiger partial charge in [0.15, 0.2) is 0 Å². The zero-order chi connectivity index (χ0) is 22.5. The average molecular weight is 462 g/mol. The lowest BCUT2D eigenvalue weighted by Crippen LogP contribution is -2.41. The Morgan fingerprint density at radius 1 is 0.939 bits per heavy atom. The Balaban J connectivity index is 1.20. The molecule has 0 radical (unpaired) electrons. The number of imidazole rings is 1. The van der Waals surface area contributed by atoms with Crippen molar-refractivity contribution < 1.29 is 0 Å². The molecule has 0 saturated carbocycles. The Morgan fingerprint density at radius 2 is 1.70 bits per heavy atom. The van der Waals surface area contributed by atoms with Gasteiger partial charge in [0.05, 0.1) is 17.6 Å². The number of fused-ring (bicyclic) bond motifs is 1. The Kier molecular flexibility index (Phi) is 6.69. The summed E-state index contributed by atoms with van der Waals surface area (Å²) in [5.41, 5.74) is 3.36. The van der Waals surface area contributed by atoms with Crippen molar-refractivity contribution in [3.63, 3.8) is 0 Å². The molecule has 2 aromatic carbocycles. The van der Waals surface area contributed by atoms with E-state index >= 15 is 0 Å². The maximum Gasteiger partial charge on any atom is 0.222 e. The van der Waals surface area contributed by atoms with Gasteiger partial charge in [-0.25, -0.2) is 15.0 Å². The molecule has 1 saturated heterocycles. The van der Waals surface area contributed by atoms with Crippen LogP contribution in [0.1, 0.15) is 18.4 Å². The van der Waals surface area contributed by atoms with Gasteiger partial charge in [0.1, 0.15) is 0 Å². The fraction of sp³-hybridized carbons (Fsp3) is 0.320. The summed E-state index contributed by atoms with van der Waals surface area (Å²) in [6.45, 7) is 4.71. The number of para-hydroxylation sites is 2. The summed E-state index contributed by atoms with van der Waals surface area (Å²) >= 11 is 6.08. The third-order valence-electron chi connectivity index (χ3n) is 6.11. The van der Waals surface area contributed by atoms with Crippen LogP contribution in [0.25, 0.3) is 11.0 Å². The Hall–Kier alpha value is -3.16. The third kappa shape index (κ3) is 5.43. The largest absolute Gasteiger partial charge is 0.353 e. The predicted octanol–water partition coefficient (Wildman–Crippen LogP) is 4.52. The monoisotopic (exact) mass is 461 g/mol. The van der Waals surface area contributed by atoms with Gasteiger partial charge in [-0.15, -0.1) is 0 Å². The number of anilines is 2. The van der Waals surface area contributed by atoms with Crippen LogP contribution in [0.4, 0.5) is 11.9 Å². The van der Waals surface area contributed by atoms with Crippen LogP contribution in [0, 0.1) is 0 Å². The number of nitrogens with one attached hydrogen (secondary N) is 2. The molecular formula is C25H28ClN7. The third-order valence-corrected chi connectivity index (χ3v) is 6.36. The second-order valence-electron chi connectivity index (χ2n) is 8.40. The molecule has 3 heterocycles. The molecule has 7 nitrogen and oxygen atoms in total. The highest BCUT2D eigenvalue weighted by Gasteiger charge is 2.21. The number of hydrogen-bond donors (Lipinski definition) is 2. The lowest BCUT2D eigenvalue weighted by Gasteiger charge is -2.32. The highest BCUT2D eigenvalue weighted by Crippen LogP contribution is 2.24. The van der Waals surface area contributed by atoms with E-state index in [1.807, 2.05) is 24.3 Å². The summed E-state index contributed by atoms with van der Waals surface area (Å²) in [5, 5.41) is 7.78. The number of rotatable bonds is 8. The normalized spacial score (nSPS) is 15.1. The van der Waals surface area contributed by atoms with Gasteiger partial charge in [0.2, 0.25) is 11.9 Å². The van der Waals surface area contributed by atoms with E-state index < -0.39 is 0 Å². The number of halogens is 1. The van der Waals surface area contributed by atoms with E-state index in [0.29, 0.717) is 12.0 Å². The van der Waals surface area contributed by atoms with Crippen LogP contribution in [0.5, 0.6) is 0 Å². The highest BCUT2D eigenvalue weighted by molar-refractivity contribution is 6.30. The second kappa shape index (κ2) is 10.2. The molecule has 0 amide bonds. The van der Waals surface area contributed by atoms with E-state index in [0.717, 1.165) is 67.6 Å². The minimum Gasteiger partial charge on any atom is -0.353 e. The highest BCUT2D eigenvalue weighted by atomic mass is 35.5. The summed E-state index contributed by atoms with van der Waals surface area (Å²) in [5.74, 6) is 1.63. The minimum atomic E-state index is 0.410. The molecule has 1 aliphatic rings. The number of aromatic nitrogens is 4. The molecule has 4 aromatic rings. The molecule has 170 valence electrons. The Bertz CT molecular complexity index is 1170. The molecule has 0 aliphatic carbocycles. The lowest BCUT2D eigenvalue weighted by molar-refractivity contribution is 0.226. The molecule has 33 heavy (non-hydrogen) atoms. The standard InChI is InChI=1S/C25H28ClN7/c26-20-8-6-19(7-9-20)18-33-23-5-2-1-4-22(23)31-25(33)30-21-10-15-32(16-11-21)17-14-29-24-27-12-3-13-28-24/h1-9,12-13,21H,10-11,14-18H2,(H,30,31)(H,27,28,29). The van der Waals surface area contributed by atoms with Gasteiger partial charge in [0.25, 0.3) is 0 Å². The topological polar surface area (TPSA) is 70.9 Å². The summed E-state index contributed by atoms with van der Waals surface area (Å²) in [7, 11) is 0. The molecule has 0 atom stereocenters. The molecule has 1 aliphatic heterocycles. The fourth-order valence-corrected chi connectivity index (χ4v) is 4.44. The van der Waals surface area contributed by atoms with Crippen LogP contribution in [0.2, 0.25) is 5.02 Å². The van der Waals surface area contributed by atoms with E-state index in [9.17, 15) is 0 Å². The smallest absolute Gasteiger partial charge is 0.222 e. The lowest BCUT2D eigenvalue weighted by atomic mass is 10.1. The molecule has 5 rings (SSSR count). The van der Waals surface area contributed by atoms with Gasteiger partial charge in [-0.05, 0) is 48.7 Å². The van der Waals surface area contributed by atoms with Crippen LogP contribution in [-0.4, -0.2) is 56.6 Å². The molecule has 0 bridgehead atoms. The van der Waals surface area contributed by atoms with Crippen LogP contribution in [0.15, 0.2) is 67.0 Å². The zero-order valence-corrected chi connectivity index (χ0v) is 19.2. The first-order valence-electron chi connectivity index (χ1n) is 11.4. The van der Waals surface area contributed by atoms with Gasteiger partial charge < -0.3 is 20.1 Å². The van der Waals surface area contributed by atoms with Gasteiger partial charge in [-0.2, -0.15) is 0 Å². The van der Waals surface area contributed by atoms with E-state index in [1.165, 1.54) is 5.56 Å². The van der Waals surface area contributed by atoms with Crippen molar-refractivity contribution in [1.29, 1.82) is 0 Å². The van der Waals surface area contributed by atoms with Crippen molar-refractivity contribution in [1.82, 2.24) is 24.4 Å². The molecule has 8 heteroatoms. The van der Waals surface area contributed by atoms with Crippen molar-refractivity contribution >= 4 is 34.5 Å². The summed E-state index contributed by atoms with van der Waals surface area (Å²) in [6.07, 6.45) is 5.69. The number of nitrogens with zero attached hydrogens (tertiary/aromatic N) is 5. The maximum absolute atomic E-state index is 6.08. The van der Waals surface area contributed by atoms with Crippen molar-refractivity contribution in [2.75, 3.05) is 36.8 Å². The van der Waals surface area contributed by atoms with E-state index in [2.05, 4.69) is 60.4 Å². The second-order valence-corrected chi connectivity index (χ2v) is 8.83. The number of likely N-dealkylation sites (tertiary alicyclic amines) is 1.